The molecule has 1 aliphatic heterocycles. The van der Waals surface area contributed by atoms with Gasteiger partial charge >= 0.3 is 5.97 Å². The maximum atomic E-state index is 11.5. The van der Waals surface area contributed by atoms with Crippen molar-refractivity contribution in [2.45, 2.75) is 32.3 Å². The maximum Gasteiger partial charge on any atom is 0.310 e. The number of carboxylic acids is 1. The lowest BCUT2D eigenvalue weighted by Crippen LogP contribution is -2.48. The van der Waals surface area contributed by atoms with E-state index in [1.54, 1.807) is 0 Å². The van der Waals surface area contributed by atoms with Gasteiger partial charge in [0.1, 0.15) is 0 Å². The van der Waals surface area contributed by atoms with E-state index in [0.29, 0.717) is 19.5 Å². The summed E-state index contributed by atoms with van der Waals surface area (Å²) in [6, 6.07) is 9.53. The van der Waals surface area contributed by atoms with Gasteiger partial charge in [-0.3, -0.25) is 9.69 Å². The summed E-state index contributed by atoms with van der Waals surface area (Å²) in [5, 5.41) is 19.7. The molecule has 2 N–H and O–H groups in total. The van der Waals surface area contributed by atoms with Crippen LogP contribution in [0.3, 0.4) is 0 Å². The summed E-state index contributed by atoms with van der Waals surface area (Å²) in [6.07, 6.45) is 1.69. The topological polar surface area (TPSA) is 60.8 Å². The Bertz CT molecular complexity index is 448. The Kier molecular flexibility index (Phi) is 4.78. The Labute approximate surface area is 120 Å². The molecule has 4 nitrogen and oxygen atoms in total. The first kappa shape index (κ1) is 15.0. The molecule has 1 aliphatic rings. The Morgan fingerprint density at radius 3 is 2.70 bits per heavy atom. The second-order valence-electron chi connectivity index (χ2n) is 5.70. The minimum absolute atomic E-state index is 0.499. The molecule has 1 saturated heterocycles. The number of hydrogen-bond acceptors (Lipinski definition) is 3. The molecular formula is C16H23NO3. The van der Waals surface area contributed by atoms with Crippen molar-refractivity contribution < 1.29 is 15.0 Å². The molecule has 110 valence electrons. The standard InChI is InChI=1S/C16H23NO3/c1-2-16(15(19)20)9-6-10-17(12-16)11-14(18)13-7-4-3-5-8-13/h3-5,7-8,14,18H,2,6,9-12H2,1H3,(H,19,20). The van der Waals surface area contributed by atoms with Gasteiger partial charge in [-0.05, 0) is 31.4 Å². The molecule has 1 aromatic carbocycles. The fourth-order valence-electron chi connectivity index (χ4n) is 3.02. The van der Waals surface area contributed by atoms with E-state index in [-0.39, 0.29) is 0 Å². The summed E-state index contributed by atoms with van der Waals surface area (Å²) >= 11 is 0. The monoisotopic (exact) mass is 277 g/mol. The zero-order valence-corrected chi connectivity index (χ0v) is 12.0. The third-order valence-corrected chi connectivity index (χ3v) is 4.40. The first-order valence-corrected chi connectivity index (χ1v) is 7.26. The number of likely N-dealkylation sites (tertiary alicyclic amines) is 1. The number of piperidine rings is 1. The van der Waals surface area contributed by atoms with E-state index in [1.165, 1.54) is 0 Å². The van der Waals surface area contributed by atoms with Crippen LogP contribution in [0, 0.1) is 5.41 Å². The highest BCUT2D eigenvalue weighted by atomic mass is 16.4. The van der Waals surface area contributed by atoms with E-state index in [4.69, 9.17) is 0 Å². The predicted octanol–water partition coefficient (Wildman–Crippen LogP) is 2.30. The van der Waals surface area contributed by atoms with Gasteiger partial charge in [-0.2, -0.15) is 0 Å². The van der Waals surface area contributed by atoms with Crippen LogP contribution in [-0.2, 0) is 4.79 Å². The number of β-amino-alcohol motifs (C(OH)–C–C–N with tert-alkyl or cyclic N) is 1. The minimum Gasteiger partial charge on any atom is -0.481 e. The summed E-state index contributed by atoms with van der Waals surface area (Å²) in [5.74, 6) is -0.709. The smallest absolute Gasteiger partial charge is 0.310 e. The summed E-state index contributed by atoms with van der Waals surface area (Å²) in [6.45, 7) is 3.83. The van der Waals surface area contributed by atoms with Gasteiger partial charge in [0, 0.05) is 13.1 Å². The van der Waals surface area contributed by atoms with Crippen LogP contribution in [0.2, 0.25) is 0 Å². The third kappa shape index (κ3) is 3.19. The van der Waals surface area contributed by atoms with Crippen molar-refractivity contribution in [2.24, 2.45) is 5.41 Å². The van der Waals surface area contributed by atoms with Crippen molar-refractivity contribution in [3.05, 3.63) is 35.9 Å². The van der Waals surface area contributed by atoms with Crippen molar-refractivity contribution in [1.82, 2.24) is 4.90 Å². The van der Waals surface area contributed by atoms with Gasteiger partial charge in [-0.1, -0.05) is 37.3 Å². The van der Waals surface area contributed by atoms with Gasteiger partial charge in [0.05, 0.1) is 11.5 Å². The maximum absolute atomic E-state index is 11.5. The van der Waals surface area contributed by atoms with Crippen LogP contribution in [0.25, 0.3) is 0 Å². The summed E-state index contributed by atoms with van der Waals surface area (Å²) in [5.41, 5.74) is 0.241. The first-order chi connectivity index (χ1) is 9.57. The Hall–Kier alpha value is -1.39. The van der Waals surface area contributed by atoms with Crippen molar-refractivity contribution in [1.29, 1.82) is 0 Å². The molecule has 2 atom stereocenters. The van der Waals surface area contributed by atoms with E-state index in [1.807, 2.05) is 37.3 Å². The van der Waals surface area contributed by atoms with E-state index in [0.717, 1.165) is 24.9 Å². The number of aliphatic hydroxyl groups excluding tert-OH is 1. The Morgan fingerprint density at radius 1 is 1.40 bits per heavy atom. The van der Waals surface area contributed by atoms with Crippen molar-refractivity contribution in [2.75, 3.05) is 19.6 Å². The number of carboxylic acid groups (broad SMARTS) is 1. The molecule has 4 heteroatoms. The van der Waals surface area contributed by atoms with Gasteiger partial charge in [0.15, 0.2) is 0 Å². The second-order valence-corrected chi connectivity index (χ2v) is 5.70. The van der Waals surface area contributed by atoms with Crippen LogP contribution in [-0.4, -0.2) is 40.7 Å². The molecule has 20 heavy (non-hydrogen) atoms. The Morgan fingerprint density at radius 2 is 2.10 bits per heavy atom. The molecule has 1 fully saturated rings. The van der Waals surface area contributed by atoms with E-state index >= 15 is 0 Å². The second kappa shape index (κ2) is 6.37. The number of hydrogen-bond donors (Lipinski definition) is 2. The lowest BCUT2D eigenvalue weighted by atomic mass is 9.77. The highest BCUT2D eigenvalue weighted by molar-refractivity contribution is 5.75. The fourth-order valence-corrected chi connectivity index (χ4v) is 3.02. The molecule has 0 saturated carbocycles. The minimum atomic E-state index is -0.709. The molecule has 0 amide bonds. The quantitative estimate of drug-likeness (QED) is 0.867. The zero-order valence-electron chi connectivity index (χ0n) is 12.0. The van der Waals surface area contributed by atoms with Crippen LogP contribution >= 0.6 is 0 Å². The number of rotatable bonds is 5. The fraction of sp³-hybridized carbons (Fsp3) is 0.562. The molecule has 0 bridgehead atoms. The zero-order chi connectivity index (χ0) is 14.6. The summed E-state index contributed by atoms with van der Waals surface area (Å²) in [7, 11) is 0. The average Bonchev–Trinajstić information content (AvgIpc) is 2.48. The average molecular weight is 277 g/mol. The summed E-state index contributed by atoms with van der Waals surface area (Å²) in [4.78, 5) is 13.6. The molecule has 2 rings (SSSR count). The molecule has 1 heterocycles. The number of aliphatic carboxylic acids is 1. The van der Waals surface area contributed by atoms with Gasteiger partial charge in [-0.25, -0.2) is 0 Å². The molecule has 0 radical (unpaired) electrons. The molecule has 0 spiro atoms. The first-order valence-electron chi connectivity index (χ1n) is 7.26. The third-order valence-electron chi connectivity index (χ3n) is 4.40. The molecule has 1 aromatic rings. The van der Waals surface area contributed by atoms with Crippen LogP contribution in [0.4, 0.5) is 0 Å². The lowest BCUT2D eigenvalue weighted by Gasteiger charge is -2.40. The number of nitrogens with zero attached hydrogens (tertiary/aromatic N) is 1. The van der Waals surface area contributed by atoms with Gasteiger partial charge in [0.25, 0.3) is 0 Å². The van der Waals surface area contributed by atoms with Gasteiger partial charge < -0.3 is 10.2 Å². The van der Waals surface area contributed by atoms with Crippen LogP contribution in [0.1, 0.15) is 37.9 Å². The van der Waals surface area contributed by atoms with Crippen molar-refractivity contribution in [3.63, 3.8) is 0 Å². The normalized spacial score (nSPS) is 25.3. The number of carbonyl (C=O) groups is 1. The Balaban J connectivity index is 2.01. The van der Waals surface area contributed by atoms with E-state index in [2.05, 4.69) is 4.90 Å². The molecule has 0 aromatic heterocycles. The highest BCUT2D eigenvalue weighted by Crippen LogP contribution is 2.34. The molecule has 0 aliphatic carbocycles. The highest BCUT2D eigenvalue weighted by Gasteiger charge is 2.40. The predicted molar refractivity (Wildman–Crippen MR) is 77.4 cm³/mol. The SMILES string of the molecule is CCC1(C(=O)O)CCCN(CC(O)c2ccccc2)C1. The van der Waals surface area contributed by atoms with Crippen LogP contribution < -0.4 is 0 Å². The van der Waals surface area contributed by atoms with Crippen molar-refractivity contribution in [3.8, 4) is 0 Å². The summed E-state index contributed by atoms with van der Waals surface area (Å²) < 4.78 is 0. The van der Waals surface area contributed by atoms with E-state index in [9.17, 15) is 15.0 Å². The van der Waals surface area contributed by atoms with E-state index < -0.39 is 17.5 Å². The van der Waals surface area contributed by atoms with Crippen LogP contribution in [0.15, 0.2) is 30.3 Å². The molecule has 2 unspecified atom stereocenters. The lowest BCUT2D eigenvalue weighted by molar-refractivity contribution is -0.153. The van der Waals surface area contributed by atoms with Crippen LogP contribution in [0.5, 0.6) is 0 Å². The number of aliphatic hydroxyl groups is 1. The van der Waals surface area contributed by atoms with Crippen molar-refractivity contribution >= 4 is 5.97 Å². The van der Waals surface area contributed by atoms with Gasteiger partial charge in [0.2, 0.25) is 0 Å². The number of benzene rings is 1. The van der Waals surface area contributed by atoms with Gasteiger partial charge in [-0.15, -0.1) is 0 Å². The molecular weight excluding hydrogens is 254 g/mol. The largest absolute Gasteiger partial charge is 0.481 e.